The fourth-order valence-electron chi connectivity index (χ4n) is 1.72. The Morgan fingerprint density at radius 2 is 2.25 bits per heavy atom. The Hall–Kier alpha value is -0.980. The van der Waals surface area contributed by atoms with Crippen LogP contribution < -0.4 is 5.32 Å². The summed E-state index contributed by atoms with van der Waals surface area (Å²) in [6.45, 7) is 1.15. The van der Waals surface area contributed by atoms with Gasteiger partial charge in [0, 0.05) is 12.2 Å². The highest BCUT2D eigenvalue weighted by molar-refractivity contribution is 5.35. The highest BCUT2D eigenvalue weighted by atomic mass is 14.9. The first-order valence-electron chi connectivity index (χ1n) is 4.77. The van der Waals surface area contributed by atoms with Crippen LogP contribution in [0.3, 0.4) is 0 Å². The molecule has 2 aliphatic rings. The minimum absolute atomic E-state index is 1.15. The summed E-state index contributed by atoms with van der Waals surface area (Å²) in [5.74, 6) is 0. The molecule has 0 radical (unpaired) electrons. The molecule has 0 aromatic heterocycles. The van der Waals surface area contributed by atoms with Gasteiger partial charge in [-0.05, 0) is 31.3 Å². The summed E-state index contributed by atoms with van der Waals surface area (Å²) in [6, 6.07) is 0. The van der Waals surface area contributed by atoms with Crippen molar-refractivity contribution in [2.45, 2.75) is 25.7 Å². The average molecular weight is 161 g/mol. The van der Waals surface area contributed by atoms with Crippen molar-refractivity contribution in [3.05, 3.63) is 35.6 Å². The maximum Gasteiger partial charge on any atom is 0.0332 e. The van der Waals surface area contributed by atoms with E-state index in [0.717, 1.165) is 6.54 Å². The first-order chi connectivity index (χ1) is 5.97. The van der Waals surface area contributed by atoms with Crippen molar-refractivity contribution in [1.29, 1.82) is 0 Å². The van der Waals surface area contributed by atoms with Crippen LogP contribution in [-0.4, -0.2) is 6.54 Å². The molecule has 12 heavy (non-hydrogen) atoms. The summed E-state index contributed by atoms with van der Waals surface area (Å²) in [4.78, 5) is 0. The van der Waals surface area contributed by atoms with Gasteiger partial charge in [0.2, 0.25) is 0 Å². The van der Waals surface area contributed by atoms with E-state index in [0.29, 0.717) is 0 Å². The molecule has 0 spiro atoms. The second-order valence-electron chi connectivity index (χ2n) is 3.35. The third-order valence-electron chi connectivity index (χ3n) is 2.40. The molecule has 1 heterocycles. The number of allylic oxidation sites excluding steroid dienone is 5. The van der Waals surface area contributed by atoms with Gasteiger partial charge in [0.25, 0.3) is 0 Å². The predicted octanol–water partition coefficient (Wildman–Crippen LogP) is 2.53. The van der Waals surface area contributed by atoms with Crippen molar-refractivity contribution in [1.82, 2.24) is 5.32 Å². The smallest absolute Gasteiger partial charge is 0.0332 e. The molecule has 1 heteroatoms. The number of hydrogen-bond acceptors (Lipinski definition) is 1. The SMILES string of the molecule is C1=CCCC(C2=CCCCN2)=C1. The normalized spacial score (nSPS) is 22.7. The maximum atomic E-state index is 3.45. The van der Waals surface area contributed by atoms with Gasteiger partial charge in [-0.2, -0.15) is 0 Å². The van der Waals surface area contributed by atoms with Crippen LogP contribution in [0.4, 0.5) is 0 Å². The molecule has 1 nitrogen and oxygen atoms in total. The fraction of sp³-hybridized carbons (Fsp3) is 0.455. The zero-order valence-corrected chi connectivity index (χ0v) is 7.34. The number of nitrogens with one attached hydrogen (secondary N) is 1. The van der Waals surface area contributed by atoms with E-state index >= 15 is 0 Å². The van der Waals surface area contributed by atoms with E-state index < -0.39 is 0 Å². The van der Waals surface area contributed by atoms with Crippen LogP contribution in [0.5, 0.6) is 0 Å². The summed E-state index contributed by atoms with van der Waals surface area (Å²) in [7, 11) is 0. The second-order valence-corrected chi connectivity index (χ2v) is 3.35. The van der Waals surface area contributed by atoms with Crippen molar-refractivity contribution < 1.29 is 0 Å². The van der Waals surface area contributed by atoms with Gasteiger partial charge in [0.1, 0.15) is 0 Å². The number of rotatable bonds is 1. The molecule has 0 unspecified atom stereocenters. The molecule has 0 saturated heterocycles. The van der Waals surface area contributed by atoms with Crippen LogP contribution in [0, 0.1) is 0 Å². The average Bonchev–Trinajstić information content (AvgIpc) is 2.21. The van der Waals surface area contributed by atoms with E-state index in [1.54, 1.807) is 0 Å². The van der Waals surface area contributed by atoms with Crippen LogP contribution in [0.2, 0.25) is 0 Å². The summed E-state index contributed by atoms with van der Waals surface area (Å²) >= 11 is 0. The van der Waals surface area contributed by atoms with E-state index in [1.807, 2.05) is 0 Å². The van der Waals surface area contributed by atoms with Gasteiger partial charge < -0.3 is 5.32 Å². The zero-order chi connectivity index (χ0) is 8.23. The van der Waals surface area contributed by atoms with Crippen LogP contribution in [-0.2, 0) is 0 Å². The Kier molecular flexibility index (Phi) is 2.31. The molecule has 2 rings (SSSR count). The van der Waals surface area contributed by atoms with Crippen LogP contribution in [0.15, 0.2) is 35.6 Å². The molecular weight excluding hydrogens is 146 g/mol. The molecule has 0 fully saturated rings. The highest BCUT2D eigenvalue weighted by Gasteiger charge is 2.07. The van der Waals surface area contributed by atoms with Gasteiger partial charge in [-0.25, -0.2) is 0 Å². The summed E-state index contributed by atoms with van der Waals surface area (Å²) in [5, 5.41) is 3.45. The predicted molar refractivity (Wildman–Crippen MR) is 51.8 cm³/mol. The Bertz CT molecular complexity index is 246. The molecule has 0 atom stereocenters. The molecule has 64 valence electrons. The molecule has 1 aliphatic carbocycles. The van der Waals surface area contributed by atoms with Crippen molar-refractivity contribution in [3.63, 3.8) is 0 Å². The summed E-state index contributed by atoms with van der Waals surface area (Å²) < 4.78 is 0. The van der Waals surface area contributed by atoms with Gasteiger partial charge in [-0.15, -0.1) is 0 Å². The summed E-state index contributed by atoms with van der Waals surface area (Å²) in [5.41, 5.74) is 2.86. The van der Waals surface area contributed by atoms with Crippen molar-refractivity contribution >= 4 is 0 Å². The lowest BCUT2D eigenvalue weighted by Gasteiger charge is -2.19. The van der Waals surface area contributed by atoms with Crippen molar-refractivity contribution in [3.8, 4) is 0 Å². The van der Waals surface area contributed by atoms with Crippen LogP contribution in [0.1, 0.15) is 25.7 Å². The standard InChI is InChI=1S/C11H15N/c1-2-6-10(7-3-1)11-8-4-5-9-12-11/h1-2,6,8,12H,3-5,7,9H2. The minimum Gasteiger partial charge on any atom is -0.385 e. The molecule has 0 bridgehead atoms. The van der Waals surface area contributed by atoms with E-state index in [-0.39, 0.29) is 0 Å². The van der Waals surface area contributed by atoms with Gasteiger partial charge >= 0.3 is 0 Å². The summed E-state index contributed by atoms with van der Waals surface area (Å²) in [6.07, 6.45) is 13.9. The maximum absolute atomic E-state index is 3.45. The first-order valence-corrected chi connectivity index (χ1v) is 4.77. The first kappa shape index (κ1) is 7.66. The van der Waals surface area contributed by atoms with Crippen LogP contribution >= 0.6 is 0 Å². The Morgan fingerprint density at radius 1 is 1.25 bits per heavy atom. The Balaban J connectivity index is 2.11. The molecule has 0 aromatic rings. The van der Waals surface area contributed by atoms with Crippen LogP contribution in [0.25, 0.3) is 0 Å². The molecule has 0 amide bonds. The second kappa shape index (κ2) is 3.61. The lowest BCUT2D eigenvalue weighted by Crippen LogP contribution is -2.20. The van der Waals surface area contributed by atoms with Crippen molar-refractivity contribution in [2.75, 3.05) is 6.54 Å². The van der Waals surface area contributed by atoms with E-state index in [9.17, 15) is 0 Å². The van der Waals surface area contributed by atoms with Gasteiger partial charge in [0.05, 0.1) is 0 Å². The zero-order valence-electron chi connectivity index (χ0n) is 7.34. The van der Waals surface area contributed by atoms with E-state index in [4.69, 9.17) is 0 Å². The van der Waals surface area contributed by atoms with Gasteiger partial charge in [-0.1, -0.05) is 24.3 Å². The topological polar surface area (TPSA) is 12.0 Å². The lowest BCUT2D eigenvalue weighted by atomic mass is 9.99. The molecule has 0 aromatic carbocycles. The third kappa shape index (κ3) is 1.60. The monoisotopic (exact) mass is 161 g/mol. The highest BCUT2D eigenvalue weighted by Crippen LogP contribution is 2.20. The Labute approximate surface area is 73.9 Å². The quantitative estimate of drug-likeness (QED) is 0.623. The Morgan fingerprint density at radius 3 is 2.92 bits per heavy atom. The molecule has 1 aliphatic heterocycles. The van der Waals surface area contributed by atoms with Crippen molar-refractivity contribution in [2.24, 2.45) is 0 Å². The lowest BCUT2D eigenvalue weighted by molar-refractivity contribution is 0.687. The van der Waals surface area contributed by atoms with Gasteiger partial charge in [-0.3, -0.25) is 0 Å². The largest absolute Gasteiger partial charge is 0.385 e. The third-order valence-corrected chi connectivity index (χ3v) is 2.40. The van der Waals surface area contributed by atoms with E-state index in [1.165, 1.54) is 37.0 Å². The molecular formula is C11H15N. The number of hydrogen-bond donors (Lipinski definition) is 1. The van der Waals surface area contributed by atoms with E-state index in [2.05, 4.69) is 29.6 Å². The van der Waals surface area contributed by atoms with Gasteiger partial charge in [0.15, 0.2) is 0 Å². The molecule has 1 N–H and O–H groups in total. The fourth-order valence-corrected chi connectivity index (χ4v) is 1.72. The molecule has 0 saturated carbocycles. The minimum atomic E-state index is 1.15.